The number of carbonyl (C=O) groups excluding carboxylic acids is 1. The molecule has 3 aromatic rings. The Kier molecular flexibility index (Phi) is 6.39. The van der Waals surface area contributed by atoms with Gasteiger partial charge in [0, 0.05) is 13.7 Å². The highest BCUT2D eigenvalue weighted by atomic mass is 16.5. The van der Waals surface area contributed by atoms with Crippen molar-refractivity contribution in [2.45, 2.75) is 33.0 Å². The number of carbonyl (C=O) groups is 1. The molecule has 140 valence electrons. The summed E-state index contributed by atoms with van der Waals surface area (Å²) in [5.74, 6) is -0.0906. The van der Waals surface area contributed by atoms with Crippen LogP contribution in [0.25, 0.3) is 0 Å². The Bertz CT molecular complexity index is 870. The van der Waals surface area contributed by atoms with Crippen LogP contribution in [-0.2, 0) is 30.9 Å². The fraction of sp³-hybridized carbons (Fsp3) is 0.273. The maximum Gasteiger partial charge on any atom is 0.255 e. The molecule has 5 heteroatoms. The number of benzene rings is 2. The first kappa shape index (κ1) is 18.9. The van der Waals surface area contributed by atoms with Crippen molar-refractivity contribution in [2.75, 3.05) is 7.11 Å². The maximum atomic E-state index is 12.6. The number of aromatic nitrogens is 2. The SMILES string of the molecule is CCc1c(C(=O)NCc2ccc(COC)cc2)cnn1Cc1ccccc1. The lowest BCUT2D eigenvalue weighted by atomic mass is 10.1. The highest BCUT2D eigenvalue weighted by Crippen LogP contribution is 2.13. The zero-order valence-electron chi connectivity index (χ0n) is 15.8. The van der Waals surface area contributed by atoms with Crippen molar-refractivity contribution in [3.8, 4) is 0 Å². The monoisotopic (exact) mass is 363 g/mol. The van der Waals surface area contributed by atoms with Crippen molar-refractivity contribution in [3.63, 3.8) is 0 Å². The van der Waals surface area contributed by atoms with E-state index in [0.717, 1.165) is 23.2 Å². The molecule has 0 fully saturated rings. The van der Waals surface area contributed by atoms with Gasteiger partial charge in [-0.3, -0.25) is 9.48 Å². The molecule has 3 rings (SSSR count). The molecule has 0 saturated carbocycles. The van der Waals surface area contributed by atoms with Gasteiger partial charge in [-0.05, 0) is 23.1 Å². The Hall–Kier alpha value is -2.92. The Morgan fingerprint density at radius 3 is 2.41 bits per heavy atom. The van der Waals surface area contributed by atoms with Gasteiger partial charge in [0.25, 0.3) is 5.91 Å². The second-order valence-electron chi connectivity index (χ2n) is 6.43. The van der Waals surface area contributed by atoms with E-state index in [4.69, 9.17) is 4.74 Å². The van der Waals surface area contributed by atoms with E-state index in [1.54, 1.807) is 13.3 Å². The normalized spacial score (nSPS) is 10.7. The van der Waals surface area contributed by atoms with Crippen LogP contribution in [0.1, 0.15) is 39.7 Å². The second-order valence-corrected chi connectivity index (χ2v) is 6.43. The fourth-order valence-electron chi connectivity index (χ4n) is 3.06. The van der Waals surface area contributed by atoms with Crippen LogP contribution in [0.3, 0.4) is 0 Å². The summed E-state index contributed by atoms with van der Waals surface area (Å²) in [7, 11) is 1.68. The van der Waals surface area contributed by atoms with Crippen LogP contribution >= 0.6 is 0 Å². The molecule has 1 heterocycles. The highest BCUT2D eigenvalue weighted by molar-refractivity contribution is 5.95. The Morgan fingerprint density at radius 2 is 1.74 bits per heavy atom. The van der Waals surface area contributed by atoms with E-state index in [0.29, 0.717) is 25.3 Å². The number of methoxy groups -OCH3 is 1. The summed E-state index contributed by atoms with van der Waals surface area (Å²) in [6.45, 7) is 3.79. The zero-order valence-corrected chi connectivity index (χ0v) is 15.8. The first-order valence-corrected chi connectivity index (χ1v) is 9.14. The third-order valence-electron chi connectivity index (χ3n) is 4.49. The molecule has 0 aliphatic rings. The molecule has 27 heavy (non-hydrogen) atoms. The highest BCUT2D eigenvalue weighted by Gasteiger charge is 2.16. The molecule has 1 aromatic heterocycles. The summed E-state index contributed by atoms with van der Waals surface area (Å²) in [5.41, 5.74) is 4.93. The largest absolute Gasteiger partial charge is 0.380 e. The second kappa shape index (κ2) is 9.14. The van der Waals surface area contributed by atoms with Gasteiger partial charge < -0.3 is 10.1 Å². The lowest BCUT2D eigenvalue weighted by Crippen LogP contribution is -2.24. The van der Waals surface area contributed by atoms with E-state index in [2.05, 4.69) is 22.5 Å². The molecule has 0 saturated heterocycles. The molecule has 0 bridgehead atoms. The van der Waals surface area contributed by atoms with Crippen molar-refractivity contribution in [3.05, 3.63) is 88.7 Å². The minimum absolute atomic E-state index is 0.0906. The standard InChI is InChI=1S/C22H25N3O2/c1-3-21-20(14-24-25(21)15-18-7-5-4-6-8-18)22(26)23-13-17-9-11-19(12-10-17)16-27-2/h4-12,14H,3,13,15-16H2,1-2H3,(H,23,26). The van der Waals surface area contributed by atoms with Gasteiger partial charge in [-0.2, -0.15) is 5.10 Å². The molecule has 1 N–H and O–H groups in total. The molecule has 5 nitrogen and oxygen atoms in total. The van der Waals surface area contributed by atoms with Crippen LogP contribution in [0.2, 0.25) is 0 Å². The minimum Gasteiger partial charge on any atom is -0.380 e. The van der Waals surface area contributed by atoms with E-state index >= 15 is 0 Å². The molecular formula is C22H25N3O2. The third-order valence-corrected chi connectivity index (χ3v) is 4.49. The van der Waals surface area contributed by atoms with Crippen molar-refractivity contribution in [1.82, 2.24) is 15.1 Å². The summed E-state index contributed by atoms with van der Waals surface area (Å²) >= 11 is 0. The third kappa shape index (κ3) is 4.83. The molecule has 0 spiro atoms. The number of hydrogen-bond donors (Lipinski definition) is 1. The molecule has 0 radical (unpaired) electrons. The smallest absolute Gasteiger partial charge is 0.255 e. The summed E-state index contributed by atoms with van der Waals surface area (Å²) in [5, 5.41) is 7.43. The lowest BCUT2D eigenvalue weighted by molar-refractivity contribution is 0.0950. The van der Waals surface area contributed by atoms with Crippen molar-refractivity contribution in [1.29, 1.82) is 0 Å². The van der Waals surface area contributed by atoms with E-state index in [1.807, 2.05) is 54.1 Å². The van der Waals surface area contributed by atoms with Gasteiger partial charge in [0.1, 0.15) is 0 Å². The van der Waals surface area contributed by atoms with Gasteiger partial charge in [-0.15, -0.1) is 0 Å². The Balaban J connectivity index is 1.65. The van der Waals surface area contributed by atoms with Crippen molar-refractivity contribution < 1.29 is 9.53 Å². The number of nitrogens with one attached hydrogen (secondary N) is 1. The van der Waals surface area contributed by atoms with Gasteiger partial charge in [0.2, 0.25) is 0 Å². The van der Waals surface area contributed by atoms with Gasteiger partial charge in [-0.1, -0.05) is 61.5 Å². The Labute approximate surface area is 160 Å². The summed E-state index contributed by atoms with van der Waals surface area (Å²) in [6, 6.07) is 18.2. The van der Waals surface area contributed by atoms with Gasteiger partial charge >= 0.3 is 0 Å². The molecule has 1 amide bonds. The average molecular weight is 363 g/mol. The van der Waals surface area contributed by atoms with E-state index < -0.39 is 0 Å². The van der Waals surface area contributed by atoms with Crippen molar-refractivity contribution in [2.24, 2.45) is 0 Å². The first-order chi connectivity index (χ1) is 13.2. The van der Waals surface area contributed by atoms with E-state index in [9.17, 15) is 4.79 Å². The number of hydrogen-bond acceptors (Lipinski definition) is 3. The quantitative estimate of drug-likeness (QED) is 0.666. The number of ether oxygens (including phenoxy) is 1. The molecule has 0 unspecified atom stereocenters. The average Bonchev–Trinajstić information content (AvgIpc) is 3.11. The summed E-state index contributed by atoms with van der Waals surface area (Å²) in [6.07, 6.45) is 2.42. The molecular weight excluding hydrogens is 338 g/mol. The van der Waals surface area contributed by atoms with Crippen LogP contribution in [-0.4, -0.2) is 22.8 Å². The zero-order chi connectivity index (χ0) is 19.1. The Morgan fingerprint density at radius 1 is 1.04 bits per heavy atom. The van der Waals surface area contributed by atoms with Gasteiger partial charge in [0.05, 0.1) is 30.6 Å². The number of amides is 1. The number of rotatable bonds is 8. The topological polar surface area (TPSA) is 56.1 Å². The minimum atomic E-state index is -0.0906. The summed E-state index contributed by atoms with van der Waals surface area (Å²) < 4.78 is 7.02. The fourth-order valence-corrected chi connectivity index (χ4v) is 3.06. The molecule has 2 aromatic carbocycles. The molecule has 0 aliphatic heterocycles. The van der Waals surface area contributed by atoms with Gasteiger partial charge in [-0.25, -0.2) is 0 Å². The molecule has 0 atom stereocenters. The number of nitrogens with zero attached hydrogens (tertiary/aromatic N) is 2. The lowest BCUT2D eigenvalue weighted by Gasteiger charge is -2.09. The summed E-state index contributed by atoms with van der Waals surface area (Å²) in [4.78, 5) is 12.6. The van der Waals surface area contributed by atoms with Crippen LogP contribution in [0.15, 0.2) is 60.8 Å². The van der Waals surface area contributed by atoms with Crippen LogP contribution < -0.4 is 5.32 Å². The van der Waals surface area contributed by atoms with E-state index in [-0.39, 0.29) is 5.91 Å². The van der Waals surface area contributed by atoms with Gasteiger partial charge in [0.15, 0.2) is 0 Å². The van der Waals surface area contributed by atoms with Crippen LogP contribution in [0.4, 0.5) is 0 Å². The van der Waals surface area contributed by atoms with Crippen molar-refractivity contribution >= 4 is 5.91 Å². The first-order valence-electron chi connectivity index (χ1n) is 9.14. The predicted octanol–water partition coefficient (Wildman–Crippen LogP) is 3.57. The maximum absolute atomic E-state index is 12.6. The molecule has 0 aliphatic carbocycles. The van der Waals surface area contributed by atoms with Crippen LogP contribution in [0, 0.1) is 0 Å². The predicted molar refractivity (Wildman–Crippen MR) is 105 cm³/mol. The van der Waals surface area contributed by atoms with Crippen LogP contribution in [0.5, 0.6) is 0 Å². The van der Waals surface area contributed by atoms with E-state index in [1.165, 1.54) is 5.56 Å².